The van der Waals surface area contributed by atoms with Crippen LogP contribution in [-0.2, 0) is 26.6 Å². The summed E-state index contributed by atoms with van der Waals surface area (Å²) in [6.45, 7) is 9.82. The molecule has 0 fully saturated rings. The number of alkyl halides is 3. The Morgan fingerprint density at radius 3 is 2.03 bits per heavy atom. The molecular formula is C46H40F3N3O9S. The van der Waals surface area contributed by atoms with E-state index >= 15 is 4.79 Å². The highest BCUT2D eigenvalue weighted by molar-refractivity contribution is 7.86. The number of ether oxygens (including phenoxy) is 2. The Morgan fingerprint density at radius 1 is 0.806 bits per heavy atom. The molecule has 5 heterocycles. The number of nitrogens with zero attached hydrogens (tertiary/aromatic N) is 3. The van der Waals surface area contributed by atoms with Crippen LogP contribution < -0.4 is 25.1 Å². The summed E-state index contributed by atoms with van der Waals surface area (Å²) in [5, 5.41) is -0.417. The van der Waals surface area contributed by atoms with Crippen LogP contribution in [0.5, 0.6) is 11.5 Å². The van der Waals surface area contributed by atoms with Gasteiger partial charge in [-0.25, -0.2) is 9.59 Å². The van der Waals surface area contributed by atoms with Crippen molar-refractivity contribution in [3.8, 4) is 11.5 Å². The molecule has 1 amide bonds. The van der Waals surface area contributed by atoms with E-state index in [0.717, 1.165) is 22.9 Å². The Labute approximate surface area is 354 Å². The summed E-state index contributed by atoms with van der Waals surface area (Å²) >= 11 is 0. The van der Waals surface area contributed by atoms with Crippen LogP contribution in [0.2, 0.25) is 0 Å². The van der Waals surface area contributed by atoms with E-state index in [-0.39, 0.29) is 33.7 Å². The molecule has 0 radical (unpaired) electrons. The Morgan fingerprint density at radius 2 is 1.42 bits per heavy atom. The number of likely N-dealkylation sites (N-methyl/N-ethyl adjacent to an activating group) is 2. The topological polar surface area (TPSA) is 147 Å². The number of carbonyl (C=O) groups is 2. The fourth-order valence-corrected chi connectivity index (χ4v) is 10.2. The highest BCUT2D eigenvalue weighted by atomic mass is 32.2. The first kappa shape index (κ1) is 41.0. The molecule has 1 atom stereocenters. The average molecular weight is 868 g/mol. The lowest BCUT2D eigenvalue weighted by atomic mass is 9.72. The third-order valence-corrected chi connectivity index (χ3v) is 13.4. The van der Waals surface area contributed by atoms with Gasteiger partial charge in [-0.05, 0) is 88.2 Å². The lowest BCUT2D eigenvalue weighted by Gasteiger charge is -2.47. The van der Waals surface area contributed by atoms with E-state index in [9.17, 15) is 35.7 Å². The zero-order valence-corrected chi connectivity index (χ0v) is 35.6. The van der Waals surface area contributed by atoms with Crippen LogP contribution in [-0.4, -0.2) is 62.9 Å². The van der Waals surface area contributed by atoms with E-state index in [1.54, 1.807) is 18.2 Å². The first-order chi connectivity index (χ1) is 28.9. The molecule has 0 saturated carbocycles. The number of benzene rings is 4. The zero-order chi connectivity index (χ0) is 44.8. The average Bonchev–Trinajstić information content (AvgIpc) is 3.43. The maximum atomic E-state index is 15.4. The lowest BCUT2D eigenvalue weighted by molar-refractivity contribution is -0.136. The second-order valence-electron chi connectivity index (χ2n) is 17.2. The maximum absolute atomic E-state index is 15.4. The standard InChI is InChI=1S/C46H40F3N3O9S/c1-23-20-43(2,3)50(6)35-18-38-33(15-29(23)35)45(34-16-30-25(22-62(56,57)58)21-44(4,5)51(7)36(30)19-39(34)60-38)31-13-24(42(55)59-8)9-11-28(31)41(54)52(45)26-10-12-27-32(46(47,48)49)17-40(53)61-37(27)14-26/h9-21H,22H2,1-8H3,(H,56,57,58). The van der Waals surface area contributed by atoms with Crippen LogP contribution in [0.25, 0.3) is 22.1 Å². The third kappa shape index (κ3) is 5.90. The van der Waals surface area contributed by atoms with Crippen molar-refractivity contribution in [2.45, 2.75) is 57.4 Å². The SMILES string of the molecule is COC(=O)c1ccc2c(c1)C1(c3cc4c(cc3Oc3cc5c(cc31)C(CS(=O)(=O)O)=CC(C)(C)N5C)N(C)C(C)(C)C=C4C)N(c1ccc3c(C(F)(F)F)cc(=O)oc3c1)C2=O. The van der Waals surface area contributed by atoms with E-state index in [2.05, 4.69) is 24.8 Å². The van der Waals surface area contributed by atoms with E-state index in [0.29, 0.717) is 34.2 Å². The molecule has 0 aliphatic carbocycles. The fourth-order valence-electron chi connectivity index (χ4n) is 9.54. The number of halogens is 3. The van der Waals surface area contributed by atoms with Crippen molar-refractivity contribution in [3.05, 3.63) is 134 Å². The molecule has 1 spiro atoms. The minimum atomic E-state index is -4.92. The van der Waals surface area contributed by atoms with Crippen LogP contribution in [0.15, 0.2) is 88.1 Å². The molecule has 0 saturated heterocycles. The molecule has 5 aromatic rings. The predicted molar refractivity (Wildman–Crippen MR) is 228 cm³/mol. The molecule has 320 valence electrons. The molecule has 16 heteroatoms. The number of hydrogen-bond donors (Lipinski definition) is 1. The number of amides is 1. The van der Waals surface area contributed by atoms with Crippen LogP contribution in [0, 0.1) is 0 Å². The van der Waals surface area contributed by atoms with Gasteiger partial charge in [0.05, 0.1) is 29.3 Å². The number of fused-ring (bicyclic) bond motifs is 9. The highest BCUT2D eigenvalue weighted by Gasteiger charge is 2.58. The Hall–Kier alpha value is -6.39. The van der Waals surface area contributed by atoms with Gasteiger partial charge in [0.25, 0.3) is 16.0 Å². The molecule has 1 N–H and O–H groups in total. The van der Waals surface area contributed by atoms with Crippen molar-refractivity contribution < 1.29 is 49.6 Å². The number of allylic oxidation sites excluding steroid dienone is 1. The summed E-state index contributed by atoms with van der Waals surface area (Å²) in [4.78, 5) is 46.8. The van der Waals surface area contributed by atoms with Gasteiger partial charge in [-0.1, -0.05) is 12.2 Å². The van der Waals surface area contributed by atoms with Gasteiger partial charge < -0.3 is 23.7 Å². The number of anilines is 3. The summed E-state index contributed by atoms with van der Waals surface area (Å²) in [5.41, 5.74) is -1.09. The van der Waals surface area contributed by atoms with Crippen molar-refractivity contribution in [2.24, 2.45) is 0 Å². The Balaban J connectivity index is 1.46. The van der Waals surface area contributed by atoms with Gasteiger partial charge in [0.15, 0.2) is 0 Å². The summed E-state index contributed by atoms with van der Waals surface area (Å²) in [6.07, 6.45) is -1.09. The largest absolute Gasteiger partial charge is 0.465 e. The number of rotatable bonds is 4. The maximum Gasteiger partial charge on any atom is 0.417 e. The molecule has 12 nitrogen and oxygen atoms in total. The molecule has 1 aromatic heterocycles. The molecule has 9 rings (SSSR count). The van der Waals surface area contributed by atoms with Gasteiger partial charge in [0, 0.05) is 94.2 Å². The number of methoxy groups -OCH3 is 1. The monoisotopic (exact) mass is 867 g/mol. The quantitative estimate of drug-likeness (QED) is 0.105. The van der Waals surface area contributed by atoms with Crippen molar-refractivity contribution in [2.75, 3.05) is 41.7 Å². The first-order valence-corrected chi connectivity index (χ1v) is 21.1. The van der Waals surface area contributed by atoms with Crippen molar-refractivity contribution in [1.29, 1.82) is 0 Å². The van der Waals surface area contributed by atoms with Gasteiger partial charge >= 0.3 is 17.8 Å². The third-order valence-electron chi connectivity index (χ3n) is 12.7. The lowest BCUT2D eigenvalue weighted by Crippen LogP contribution is -2.48. The van der Waals surface area contributed by atoms with Gasteiger partial charge in [0.1, 0.15) is 28.4 Å². The van der Waals surface area contributed by atoms with Crippen LogP contribution >= 0.6 is 0 Å². The highest BCUT2D eigenvalue weighted by Crippen LogP contribution is 2.62. The summed E-state index contributed by atoms with van der Waals surface area (Å²) in [6, 6.07) is 15.6. The predicted octanol–water partition coefficient (Wildman–Crippen LogP) is 8.79. The normalized spacial score (nSPS) is 19.5. The smallest absolute Gasteiger partial charge is 0.417 e. The van der Waals surface area contributed by atoms with E-state index in [1.165, 1.54) is 42.3 Å². The summed E-state index contributed by atoms with van der Waals surface area (Å²) in [5.74, 6) is -1.55. The zero-order valence-electron chi connectivity index (χ0n) is 34.8. The van der Waals surface area contributed by atoms with Gasteiger partial charge in [-0.3, -0.25) is 14.2 Å². The van der Waals surface area contributed by atoms with Crippen LogP contribution in [0.4, 0.5) is 30.2 Å². The number of hydrogen-bond acceptors (Lipinski definition) is 10. The second-order valence-corrected chi connectivity index (χ2v) is 18.7. The van der Waals surface area contributed by atoms with E-state index in [1.807, 2.05) is 51.9 Å². The van der Waals surface area contributed by atoms with Gasteiger partial charge in [0.2, 0.25) is 0 Å². The first-order valence-electron chi connectivity index (χ1n) is 19.5. The molecule has 4 aliphatic heterocycles. The molecule has 4 aliphatic rings. The van der Waals surface area contributed by atoms with Crippen molar-refractivity contribution in [3.63, 3.8) is 0 Å². The second kappa shape index (κ2) is 13.1. The summed E-state index contributed by atoms with van der Waals surface area (Å²) < 4.78 is 95.8. The van der Waals surface area contributed by atoms with Gasteiger partial charge in [-0.2, -0.15) is 21.6 Å². The minimum absolute atomic E-state index is 0.0208. The van der Waals surface area contributed by atoms with E-state index < -0.39 is 72.7 Å². The van der Waals surface area contributed by atoms with Crippen molar-refractivity contribution >= 4 is 61.2 Å². The van der Waals surface area contributed by atoms with E-state index in [4.69, 9.17) is 13.9 Å². The fraction of sp³-hybridized carbons (Fsp3) is 0.283. The van der Waals surface area contributed by atoms with Gasteiger partial charge in [-0.15, -0.1) is 0 Å². The van der Waals surface area contributed by atoms with Crippen LogP contribution in [0.3, 0.4) is 0 Å². The minimum Gasteiger partial charge on any atom is -0.465 e. The molecule has 62 heavy (non-hydrogen) atoms. The number of esters is 1. The molecule has 4 aromatic carbocycles. The molecule has 1 unspecified atom stereocenters. The molecular weight excluding hydrogens is 828 g/mol. The Kier molecular flexibility index (Phi) is 8.64. The molecule has 0 bridgehead atoms. The summed E-state index contributed by atoms with van der Waals surface area (Å²) in [7, 11) is 0.388. The van der Waals surface area contributed by atoms with Crippen molar-refractivity contribution in [1.82, 2.24) is 0 Å². The number of carbonyl (C=O) groups excluding carboxylic acids is 2. The van der Waals surface area contributed by atoms with Crippen LogP contribution in [0.1, 0.15) is 88.7 Å². The Bertz CT molecular complexity index is 3110.